The van der Waals surface area contributed by atoms with Gasteiger partial charge in [0.25, 0.3) is 0 Å². The molecule has 2 rings (SSSR count). The highest BCUT2D eigenvalue weighted by Crippen LogP contribution is 2.35. The van der Waals surface area contributed by atoms with Crippen LogP contribution in [0.1, 0.15) is 18.4 Å². The Morgan fingerprint density at radius 1 is 1.41 bits per heavy atom. The molecule has 17 heavy (non-hydrogen) atoms. The smallest absolute Gasteiger partial charge is 0.0637 e. The molecule has 0 spiro atoms. The lowest BCUT2D eigenvalue weighted by Crippen LogP contribution is -2.30. The van der Waals surface area contributed by atoms with Crippen LogP contribution in [0.4, 0.5) is 5.69 Å². The summed E-state index contributed by atoms with van der Waals surface area (Å²) < 4.78 is 6.35. The molecule has 0 amide bonds. The average Bonchev–Trinajstić information content (AvgIpc) is 3.14. The Hall–Kier alpha value is -0.0600. The van der Waals surface area contributed by atoms with Gasteiger partial charge in [0.1, 0.15) is 0 Å². The first-order valence-corrected chi connectivity index (χ1v) is 7.77. The van der Waals surface area contributed by atoms with E-state index < -0.39 is 0 Å². The first kappa shape index (κ1) is 13.4. The quantitative estimate of drug-likeness (QED) is 0.710. The number of methoxy groups -OCH3 is 1. The molecule has 1 saturated carbocycles. The first-order chi connectivity index (χ1) is 8.26. The van der Waals surface area contributed by atoms with Crippen molar-refractivity contribution in [1.82, 2.24) is 0 Å². The molecule has 1 aliphatic carbocycles. The second kappa shape index (κ2) is 6.21. The zero-order valence-electron chi connectivity index (χ0n) is 9.96. The summed E-state index contributed by atoms with van der Waals surface area (Å²) in [5, 5.41) is 0.895. The summed E-state index contributed by atoms with van der Waals surface area (Å²) in [6.07, 6.45) is 2.61. The van der Waals surface area contributed by atoms with Crippen molar-refractivity contribution in [2.75, 3.05) is 25.2 Å². The summed E-state index contributed by atoms with van der Waals surface area (Å²) in [6.45, 7) is 1.75. The zero-order chi connectivity index (χ0) is 12.3. The lowest BCUT2D eigenvalue weighted by atomic mass is 10.2. The van der Waals surface area contributed by atoms with Gasteiger partial charge in [-0.3, -0.25) is 0 Å². The molecule has 2 nitrogen and oxygen atoms in total. The van der Waals surface area contributed by atoms with E-state index in [9.17, 15) is 0 Å². The lowest BCUT2D eigenvalue weighted by molar-refractivity contribution is 0.205. The Kier molecular flexibility index (Phi) is 4.88. The minimum atomic E-state index is 0.706. The third kappa shape index (κ3) is 3.46. The molecule has 0 aromatic heterocycles. The Morgan fingerprint density at radius 3 is 2.76 bits per heavy atom. The van der Waals surface area contributed by atoms with Crippen molar-refractivity contribution in [3.8, 4) is 0 Å². The molecule has 94 valence electrons. The number of anilines is 1. The number of halogens is 2. The van der Waals surface area contributed by atoms with Crippen molar-refractivity contribution < 1.29 is 4.74 Å². The second-order valence-electron chi connectivity index (χ2n) is 4.32. The van der Waals surface area contributed by atoms with Gasteiger partial charge in [-0.15, -0.1) is 0 Å². The molecule has 0 atom stereocenters. The minimum absolute atomic E-state index is 0.706. The molecule has 1 aromatic rings. The minimum Gasteiger partial charge on any atom is -0.383 e. The number of nitrogens with zero attached hydrogens (tertiary/aromatic N) is 1. The molecule has 1 aliphatic rings. The number of ether oxygens (including phenoxy) is 1. The van der Waals surface area contributed by atoms with Crippen molar-refractivity contribution in [2.24, 2.45) is 0 Å². The number of alkyl halides is 1. The molecule has 0 radical (unpaired) electrons. The van der Waals surface area contributed by atoms with Crippen LogP contribution >= 0.6 is 31.9 Å². The molecule has 1 aromatic carbocycles. The molecule has 0 heterocycles. The highest BCUT2D eigenvalue weighted by atomic mass is 79.9. The van der Waals surface area contributed by atoms with Crippen LogP contribution in [0.3, 0.4) is 0 Å². The van der Waals surface area contributed by atoms with Crippen LogP contribution in [0.15, 0.2) is 22.7 Å². The summed E-state index contributed by atoms with van der Waals surface area (Å²) in [5.74, 6) is 0. The Morgan fingerprint density at radius 2 is 2.18 bits per heavy atom. The summed E-state index contributed by atoms with van der Waals surface area (Å²) in [7, 11) is 1.76. The van der Waals surface area contributed by atoms with Gasteiger partial charge in [0.15, 0.2) is 0 Å². The van der Waals surface area contributed by atoms with E-state index in [1.54, 1.807) is 7.11 Å². The molecule has 0 unspecified atom stereocenters. The van der Waals surface area contributed by atoms with Crippen LogP contribution in [0.25, 0.3) is 0 Å². The normalized spacial score (nSPS) is 15.0. The Labute approximate surface area is 120 Å². The molecule has 4 heteroatoms. The lowest BCUT2D eigenvalue weighted by Gasteiger charge is -2.26. The van der Waals surface area contributed by atoms with Crippen molar-refractivity contribution >= 4 is 37.5 Å². The van der Waals surface area contributed by atoms with Gasteiger partial charge in [-0.25, -0.2) is 0 Å². The Balaban J connectivity index is 2.23. The van der Waals surface area contributed by atoms with Gasteiger partial charge in [-0.2, -0.15) is 0 Å². The topological polar surface area (TPSA) is 12.5 Å². The fraction of sp³-hybridized carbons (Fsp3) is 0.538. The number of hydrogen-bond acceptors (Lipinski definition) is 2. The summed E-state index contributed by atoms with van der Waals surface area (Å²) >= 11 is 7.12. The maximum atomic E-state index is 5.21. The molecular weight excluding hydrogens is 346 g/mol. The summed E-state index contributed by atoms with van der Waals surface area (Å²) in [6, 6.07) is 7.19. The highest BCUT2D eigenvalue weighted by molar-refractivity contribution is 9.10. The number of benzene rings is 1. The molecule has 0 bridgehead atoms. The SMILES string of the molecule is COCCN(c1cc(Br)ccc1CBr)C1CC1. The van der Waals surface area contributed by atoms with Crippen LogP contribution in [0.2, 0.25) is 0 Å². The van der Waals surface area contributed by atoms with Gasteiger partial charge in [0, 0.05) is 35.2 Å². The standard InChI is InChI=1S/C13H17Br2NO/c1-17-7-6-16(12-4-5-12)13-8-11(15)3-2-10(13)9-14/h2-3,8,12H,4-7,9H2,1H3. The van der Waals surface area contributed by atoms with Crippen molar-refractivity contribution in [2.45, 2.75) is 24.2 Å². The second-order valence-corrected chi connectivity index (χ2v) is 5.80. The van der Waals surface area contributed by atoms with E-state index in [1.807, 2.05) is 0 Å². The monoisotopic (exact) mass is 361 g/mol. The molecule has 0 N–H and O–H groups in total. The summed E-state index contributed by atoms with van der Waals surface area (Å²) in [5.41, 5.74) is 2.67. The Bertz CT molecular complexity index is 380. The van der Waals surface area contributed by atoms with E-state index in [1.165, 1.54) is 24.1 Å². The predicted octanol–water partition coefficient (Wildman–Crippen LogP) is 3.96. The van der Waals surface area contributed by atoms with Crippen molar-refractivity contribution in [1.29, 1.82) is 0 Å². The zero-order valence-corrected chi connectivity index (χ0v) is 13.1. The molecule has 0 saturated heterocycles. The van der Waals surface area contributed by atoms with Gasteiger partial charge in [0.2, 0.25) is 0 Å². The van der Waals surface area contributed by atoms with Gasteiger partial charge in [-0.1, -0.05) is 37.9 Å². The third-order valence-electron chi connectivity index (χ3n) is 3.02. The van der Waals surface area contributed by atoms with Gasteiger partial charge < -0.3 is 9.64 Å². The maximum absolute atomic E-state index is 5.21. The van der Waals surface area contributed by atoms with Gasteiger partial charge >= 0.3 is 0 Å². The third-order valence-corrected chi connectivity index (χ3v) is 4.12. The van der Waals surface area contributed by atoms with Crippen LogP contribution < -0.4 is 4.90 Å². The van der Waals surface area contributed by atoms with Crippen LogP contribution in [0, 0.1) is 0 Å². The number of rotatable bonds is 6. The highest BCUT2D eigenvalue weighted by Gasteiger charge is 2.30. The molecule has 0 aliphatic heterocycles. The van der Waals surface area contributed by atoms with E-state index >= 15 is 0 Å². The van der Waals surface area contributed by atoms with Gasteiger partial charge in [-0.05, 0) is 30.5 Å². The summed E-state index contributed by atoms with van der Waals surface area (Å²) in [4.78, 5) is 2.48. The average molecular weight is 363 g/mol. The van der Waals surface area contributed by atoms with E-state index in [4.69, 9.17) is 4.74 Å². The van der Waals surface area contributed by atoms with Crippen LogP contribution in [-0.4, -0.2) is 26.3 Å². The molecular formula is C13H17Br2NO. The maximum Gasteiger partial charge on any atom is 0.0637 e. The van der Waals surface area contributed by atoms with Crippen molar-refractivity contribution in [3.63, 3.8) is 0 Å². The van der Waals surface area contributed by atoms with E-state index in [2.05, 4.69) is 55.0 Å². The fourth-order valence-corrected chi connectivity index (χ4v) is 2.82. The van der Waals surface area contributed by atoms with Crippen LogP contribution in [0.5, 0.6) is 0 Å². The van der Waals surface area contributed by atoms with E-state index in [0.29, 0.717) is 6.04 Å². The van der Waals surface area contributed by atoms with Crippen LogP contribution in [-0.2, 0) is 10.1 Å². The number of hydrogen-bond donors (Lipinski definition) is 0. The molecule has 1 fully saturated rings. The van der Waals surface area contributed by atoms with E-state index in [-0.39, 0.29) is 0 Å². The fourth-order valence-electron chi connectivity index (χ4n) is 1.99. The predicted molar refractivity (Wildman–Crippen MR) is 79.0 cm³/mol. The van der Waals surface area contributed by atoms with E-state index in [0.717, 1.165) is 23.0 Å². The van der Waals surface area contributed by atoms with Gasteiger partial charge in [0.05, 0.1) is 6.61 Å². The first-order valence-electron chi connectivity index (χ1n) is 5.86. The largest absolute Gasteiger partial charge is 0.383 e. The van der Waals surface area contributed by atoms with Crippen molar-refractivity contribution in [3.05, 3.63) is 28.2 Å².